The van der Waals surface area contributed by atoms with Gasteiger partial charge in [0.15, 0.2) is 5.60 Å². The van der Waals surface area contributed by atoms with Gasteiger partial charge in [0.2, 0.25) is 0 Å². The Bertz CT molecular complexity index is 550. The van der Waals surface area contributed by atoms with E-state index in [4.69, 9.17) is 0 Å². The molecule has 144 valence electrons. The fourth-order valence-electron chi connectivity index (χ4n) is 7.72. The molecule has 4 fully saturated rings. The number of aliphatic hydroxyl groups excluding tert-OH is 1. The van der Waals surface area contributed by atoms with Crippen molar-refractivity contribution in [2.75, 3.05) is 0 Å². The summed E-state index contributed by atoms with van der Waals surface area (Å²) in [5.41, 5.74) is -3.40. The third-order valence-electron chi connectivity index (χ3n) is 9.26. The van der Waals surface area contributed by atoms with Crippen LogP contribution in [0.15, 0.2) is 0 Å². The molecule has 0 saturated heterocycles. The topological polar surface area (TPSA) is 40.5 Å². The fraction of sp³-hybridized carbons (Fsp3) is 1.00. The first kappa shape index (κ1) is 18.1. The van der Waals surface area contributed by atoms with Gasteiger partial charge in [-0.3, -0.25) is 0 Å². The molecule has 4 aliphatic rings. The third-order valence-corrected chi connectivity index (χ3v) is 9.26. The van der Waals surface area contributed by atoms with Crippen molar-refractivity contribution in [1.29, 1.82) is 0 Å². The predicted octanol–water partition coefficient (Wildman–Crippen LogP) is 4.68. The van der Waals surface area contributed by atoms with Crippen LogP contribution in [0.25, 0.3) is 0 Å². The van der Waals surface area contributed by atoms with Gasteiger partial charge in [-0.1, -0.05) is 13.8 Å². The molecule has 8 atom stereocenters. The molecular formula is C20H31F3O2. The van der Waals surface area contributed by atoms with Crippen molar-refractivity contribution >= 4 is 0 Å². The Kier molecular flexibility index (Phi) is 3.89. The first-order valence-electron chi connectivity index (χ1n) is 10.00. The molecule has 0 aliphatic heterocycles. The van der Waals surface area contributed by atoms with E-state index in [9.17, 15) is 23.4 Å². The SMILES string of the molecule is C[C@]12CCC(O)CC1CC[C@@H]1[C@H]2CC[C@@]2(C)[C@H]1CCC2(O)C(F)(F)F. The number of hydrogen-bond donors (Lipinski definition) is 2. The van der Waals surface area contributed by atoms with E-state index >= 15 is 0 Å². The van der Waals surface area contributed by atoms with E-state index in [1.807, 2.05) is 0 Å². The Balaban J connectivity index is 1.65. The molecule has 0 aromatic rings. The molecule has 0 spiro atoms. The van der Waals surface area contributed by atoms with Crippen LogP contribution in [-0.4, -0.2) is 28.1 Å². The molecule has 5 heteroatoms. The summed E-state index contributed by atoms with van der Waals surface area (Å²) < 4.78 is 41.1. The minimum absolute atomic E-state index is 0.0255. The summed E-state index contributed by atoms with van der Waals surface area (Å²) in [4.78, 5) is 0. The summed E-state index contributed by atoms with van der Waals surface area (Å²) >= 11 is 0. The van der Waals surface area contributed by atoms with Crippen LogP contribution in [0.4, 0.5) is 13.2 Å². The van der Waals surface area contributed by atoms with Crippen LogP contribution in [0, 0.1) is 34.5 Å². The second kappa shape index (κ2) is 5.37. The summed E-state index contributed by atoms with van der Waals surface area (Å²) in [6.07, 6.45) is 1.53. The second-order valence-electron chi connectivity index (χ2n) is 9.94. The Morgan fingerprint density at radius 1 is 0.880 bits per heavy atom. The number of alkyl halides is 3. The van der Waals surface area contributed by atoms with Gasteiger partial charge >= 0.3 is 6.18 Å². The highest BCUT2D eigenvalue weighted by Crippen LogP contribution is 2.70. The normalized spacial score (nSPS) is 56.0. The van der Waals surface area contributed by atoms with Crippen LogP contribution in [0.3, 0.4) is 0 Å². The molecule has 0 heterocycles. The lowest BCUT2D eigenvalue weighted by Crippen LogP contribution is -2.60. The van der Waals surface area contributed by atoms with Gasteiger partial charge < -0.3 is 10.2 Å². The zero-order chi connectivity index (χ0) is 18.3. The van der Waals surface area contributed by atoms with Gasteiger partial charge in [-0.15, -0.1) is 0 Å². The fourth-order valence-corrected chi connectivity index (χ4v) is 7.72. The largest absolute Gasteiger partial charge is 0.417 e. The van der Waals surface area contributed by atoms with Gasteiger partial charge in [0.05, 0.1) is 6.10 Å². The van der Waals surface area contributed by atoms with Crippen molar-refractivity contribution in [3.05, 3.63) is 0 Å². The zero-order valence-electron chi connectivity index (χ0n) is 15.3. The van der Waals surface area contributed by atoms with E-state index in [1.54, 1.807) is 6.92 Å². The molecule has 0 amide bonds. The summed E-state index contributed by atoms with van der Waals surface area (Å²) in [7, 11) is 0. The molecule has 2 N–H and O–H groups in total. The van der Waals surface area contributed by atoms with Crippen LogP contribution < -0.4 is 0 Å². The molecule has 2 nitrogen and oxygen atoms in total. The molecule has 4 aliphatic carbocycles. The number of fused-ring (bicyclic) bond motifs is 5. The lowest BCUT2D eigenvalue weighted by atomic mass is 9.44. The van der Waals surface area contributed by atoms with Crippen molar-refractivity contribution in [2.45, 2.75) is 89.5 Å². The van der Waals surface area contributed by atoms with Crippen molar-refractivity contribution in [2.24, 2.45) is 34.5 Å². The Hall–Kier alpha value is -0.290. The van der Waals surface area contributed by atoms with Gasteiger partial charge in [-0.25, -0.2) is 0 Å². The number of hydrogen-bond acceptors (Lipinski definition) is 2. The molecule has 0 radical (unpaired) electrons. The molecular weight excluding hydrogens is 329 g/mol. The van der Waals surface area contributed by atoms with Gasteiger partial charge in [-0.05, 0) is 86.9 Å². The molecule has 0 bridgehead atoms. The first-order valence-corrected chi connectivity index (χ1v) is 10.00. The van der Waals surface area contributed by atoms with Crippen molar-refractivity contribution in [3.8, 4) is 0 Å². The first-order chi connectivity index (χ1) is 11.5. The van der Waals surface area contributed by atoms with Crippen molar-refractivity contribution in [3.63, 3.8) is 0 Å². The molecule has 3 unspecified atom stereocenters. The van der Waals surface area contributed by atoms with Crippen molar-refractivity contribution < 1.29 is 23.4 Å². The van der Waals surface area contributed by atoms with E-state index in [1.165, 1.54) is 0 Å². The monoisotopic (exact) mass is 360 g/mol. The highest BCUT2D eigenvalue weighted by Gasteiger charge is 2.72. The summed E-state index contributed by atoms with van der Waals surface area (Å²) in [5.74, 6) is 1.23. The number of aliphatic hydroxyl groups is 2. The van der Waals surface area contributed by atoms with E-state index in [0.717, 1.165) is 38.5 Å². The minimum atomic E-state index is -4.54. The molecule has 0 aromatic heterocycles. The maximum absolute atomic E-state index is 13.7. The van der Waals surface area contributed by atoms with Crippen LogP contribution in [0.2, 0.25) is 0 Å². The standard InChI is InChI=1S/C20H31F3O2/c1-17-8-5-13(24)11-12(17)3-4-14-15(17)6-9-18(2)16(14)7-10-19(18,25)20(21,22)23/h12-16,24-25H,3-11H2,1-2H3/t12?,13?,14-,15-,16+,17+,18+,19?/m1/s1. The highest BCUT2D eigenvalue weighted by atomic mass is 19.4. The smallest absolute Gasteiger partial charge is 0.393 e. The third kappa shape index (κ3) is 2.24. The van der Waals surface area contributed by atoms with E-state index in [2.05, 4.69) is 6.92 Å². The van der Waals surface area contributed by atoms with Crippen LogP contribution in [-0.2, 0) is 0 Å². The zero-order valence-corrected chi connectivity index (χ0v) is 15.3. The van der Waals surface area contributed by atoms with Crippen LogP contribution >= 0.6 is 0 Å². The Morgan fingerprint density at radius 2 is 1.56 bits per heavy atom. The molecule has 4 saturated carbocycles. The highest BCUT2D eigenvalue weighted by molar-refractivity contribution is 5.16. The van der Waals surface area contributed by atoms with Gasteiger partial charge in [0.25, 0.3) is 0 Å². The maximum atomic E-state index is 13.7. The number of rotatable bonds is 0. The van der Waals surface area contributed by atoms with Gasteiger partial charge in [0.1, 0.15) is 0 Å². The summed E-state index contributed by atoms with van der Waals surface area (Å²) in [6, 6.07) is 0. The molecule has 0 aromatic carbocycles. The molecule has 25 heavy (non-hydrogen) atoms. The van der Waals surface area contributed by atoms with Crippen LogP contribution in [0.5, 0.6) is 0 Å². The lowest BCUT2D eigenvalue weighted by Gasteiger charge is -2.61. The van der Waals surface area contributed by atoms with E-state index in [0.29, 0.717) is 30.6 Å². The average molecular weight is 360 g/mol. The maximum Gasteiger partial charge on any atom is 0.417 e. The van der Waals surface area contributed by atoms with Crippen molar-refractivity contribution in [1.82, 2.24) is 0 Å². The van der Waals surface area contributed by atoms with Crippen LogP contribution in [0.1, 0.15) is 71.6 Å². The quantitative estimate of drug-likeness (QED) is 0.658. The molecule has 4 rings (SSSR count). The Morgan fingerprint density at radius 3 is 2.24 bits per heavy atom. The van der Waals surface area contributed by atoms with Gasteiger partial charge in [-0.2, -0.15) is 13.2 Å². The lowest BCUT2D eigenvalue weighted by molar-refractivity contribution is -0.304. The van der Waals surface area contributed by atoms with E-state index < -0.39 is 17.2 Å². The van der Waals surface area contributed by atoms with E-state index in [-0.39, 0.29) is 23.9 Å². The predicted molar refractivity (Wildman–Crippen MR) is 88.7 cm³/mol. The Labute approximate surface area is 148 Å². The van der Waals surface area contributed by atoms with Gasteiger partial charge in [0, 0.05) is 5.41 Å². The summed E-state index contributed by atoms with van der Waals surface area (Å²) in [6.45, 7) is 4.03. The second-order valence-corrected chi connectivity index (χ2v) is 9.94. The average Bonchev–Trinajstić information content (AvgIpc) is 2.81. The number of halogens is 3. The minimum Gasteiger partial charge on any atom is -0.393 e. The summed E-state index contributed by atoms with van der Waals surface area (Å²) in [5, 5.41) is 20.7.